The molecule has 1 aromatic heterocycles. The molecule has 0 saturated heterocycles. The van der Waals surface area contributed by atoms with Crippen LogP contribution < -0.4 is 4.52 Å². The van der Waals surface area contributed by atoms with E-state index in [9.17, 15) is 4.57 Å². The minimum Gasteiger partial charge on any atom is -0.404 e. The first-order valence-electron chi connectivity index (χ1n) is 4.58. The number of nitrogens with zero attached hydrogens (tertiary/aromatic N) is 2. The van der Waals surface area contributed by atoms with Crippen molar-refractivity contribution < 1.29 is 18.9 Å². The zero-order valence-corrected chi connectivity index (χ0v) is 9.64. The summed E-state index contributed by atoms with van der Waals surface area (Å²) >= 11 is 0. The van der Waals surface area contributed by atoms with E-state index in [1.807, 2.05) is 0 Å². The lowest BCUT2D eigenvalue weighted by Crippen LogP contribution is -1.88. The van der Waals surface area contributed by atoms with E-state index in [2.05, 4.69) is 14.5 Å². The number of para-hydroxylation sites is 1. The minimum atomic E-state index is -4.39. The molecule has 2 rings (SSSR count). The first kappa shape index (κ1) is 13.3. The van der Waals surface area contributed by atoms with Gasteiger partial charge in [-0.15, -0.1) is 0 Å². The number of benzene rings is 1. The van der Waals surface area contributed by atoms with E-state index < -0.39 is 7.82 Å². The van der Waals surface area contributed by atoms with Crippen molar-refractivity contribution in [3.8, 4) is 5.75 Å². The van der Waals surface area contributed by atoms with E-state index in [4.69, 9.17) is 9.79 Å². The van der Waals surface area contributed by atoms with Gasteiger partial charge in [0.2, 0.25) is 0 Å². The summed E-state index contributed by atoms with van der Waals surface area (Å²) in [7, 11) is -4.39. The molecule has 2 aromatic rings. The van der Waals surface area contributed by atoms with E-state index in [1.165, 1.54) is 18.5 Å². The average Bonchev–Trinajstić information content (AvgIpc) is 2.31. The summed E-state index contributed by atoms with van der Waals surface area (Å²) in [5.74, 6) is 0.167. The maximum atomic E-state index is 10.3. The van der Waals surface area contributed by atoms with Crippen molar-refractivity contribution in [1.82, 2.24) is 9.97 Å². The Labute approximate surface area is 98.2 Å². The number of aromatic nitrogens is 2. The van der Waals surface area contributed by atoms with Crippen molar-refractivity contribution >= 4 is 7.82 Å². The Kier molecular flexibility index (Phi) is 5.29. The number of rotatable bonds is 2. The fourth-order valence-corrected chi connectivity index (χ4v) is 1.27. The Balaban J connectivity index is 0.000000202. The highest BCUT2D eigenvalue weighted by atomic mass is 31.2. The van der Waals surface area contributed by atoms with Gasteiger partial charge in [0, 0.05) is 12.4 Å². The van der Waals surface area contributed by atoms with Crippen molar-refractivity contribution in [2.75, 3.05) is 0 Å². The minimum absolute atomic E-state index is 0.167. The second kappa shape index (κ2) is 6.75. The molecule has 2 N–H and O–H groups in total. The van der Waals surface area contributed by atoms with Gasteiger partial charge in [-0.25, -0.2) is 14.5 Å². The smallest absolute Gasteiger partial charge is 0.404 e. The highest BCUT2D eigenvalue weighted by Gasteiger charge is 2.14. The van der Waals surface area contributed by atoms with Crippen LogP contribution in [0, 0.1) is 0 Å². The Bertz CT molecular complexity index is 434. The molecular formula is C10H11N2O4P. The largest absolute Gasteiger partial charge is 0.524 e. The molecule has 0 saturated carbocycles. The molecule has 0 bridgehead atoms. The van der Waals surface area contributed by atoms with Crippen LogP contribution in [0.1, 0.15) is 0 Å². The summed E-state index contributed by atoms with van der Waals surface area (Å²) in [5.41, 5.74) is 0. The third-order valence-corrected chi connectivity index (χ3v) is 1.89. The highest BCUT2D eigenvalue weighted by molar-refractivity contribution is 7.46. The Hall–Kier alpha value is -1.75. The standard InChI is InChI=1S/C6H7O4P.C4H4N2/c7-11(8,9)10-6-4-2-1-3-5-6;1-2-5-4-6-3-1/h1-5H,(H2,7,8,9);1-4H. The van der Waals surface area contributed by atoms with Crippen LogP contribution in [0.2, 0.25) is 0 Å². The van der Waals surface area contributed by atoms with Gasteiger partial charge in [0.25, 0.3) is 0 Å². The fourth-order valence-electron chi connectivity index (χ4n) is 0.872. The average molecular weight is 254 g/mol. The second-order valence-electron chi connectivity index (χ2n) is 2.80. The summed E-state index contributed by atoms with van der Waals surface area (Å²) in [6.45, 7) is 0. The molecule has 0 atom stereocenters. The van der Waals surface area contributed by atoms with Gasteiger partial charge >= 0.3 is 7.82 Å². The van der Waals surface area contributed by atoms with E-state index in [1.54, 1.807) is 36.7 Å². The van der Waals surface area contributed by atoms with Crippen LogP contribution in [-0.2, 0) is 4.57 Å². The normalized spacial score (nSPS) is 10.0. The summed E-state index contributed by atoms with van der Waals surface area (Å²) in [5, 5.41) is 0. The van der Waals surface area contributed by atoms with Gasteiger partial charge in [-0.2, -0.15) is 0 Å². The zero-order chi connectivity index (χ0) is 12.6. The molecule has 0 spiro atoms. The quantitative estimate of drug-likeness (QED) is 0.791. The molecule has 0 fully saturated rings. The molecule has 0 aliphatic carbocycles. The summed E-state index contributed by atoms with van der Waals surface area (Å²) < 4.78 is 14.5. The van der Waals surface area contributed by atoms with E-state index in [0.717, 1.165) is 0 Å². The van der Waals surface area contributed by atoms with Crippen molar-refractivity contribution in [2.45, 2.75) is 0 Å². The number of phosphoric acid groups is 1. The summed E-state index contributed by atoms with van der Waals surface area (Å²) in [6.07, 6.45) is 4.88. The monoisotopic (exact) mass is 254 g/mol. The van der Waals surface area contributed by atoms with E-state index in [0.29, 0.717) is 0 Å². The zero-order valence-electron chi connectivity index (χ0n) is 8.75. The third-order valence-electron chi connectivity index (χ3n) is 1.45. The van der Waals surface area contributed by atoms with Crippen LogP contribution in [0.4, 0.5) is 0 Å². The van der Waals surface area contributed by atoms with Gasteiger partial charge in [0.15, 0.2) is 0 Å². The first-order valence-corrected chi connectivity index (χ1v) is 6.11. The molecule has 0 amide bonds. The molecule has 0 aliphatic rings. The lowest BCUT2D eigenvalue weighted by molar-refractivity contribution is 0.283. The van der Waals surface area contributed by atoms with Crippen molar-refractivity contribution in [1.29, 1.82) is 0 Å². The third kappa shape index (κ3) is 7.19. The van der Waals surface area contributed by atoms with Crippen molar-refractivity contribution in [3.05, 3.63) is 55.1 Å². The predicted molar refractivity (Wildman–Crippen MR) is 61.1 cm³/mol. The molecule has 0 unspecified atom stereocenters. The molecule has 17 heavy (non-hydrogen) atoms. The molecule has 0 radical (unpaired) electrons. The van der Waals surface area contributed by atoms with Crippen molar-refractivity contribution in [3.63, 3.8) is 0 Å². The van der Waals surface area contributed by atoms with Gasteiger partial charge in [-0.1, -0.05) is 18.2 Å². The molecule has 7 heteroatoms. The Morgan fingerprint density at radius 2 is 1.59 bits per heavy atom. The summed E-state index contributed by atoms with van der Waals surface area (Å²) in [4.78, 5) is 24.1. The molecule has 90 valence electrons. The lowest BCUT2D eigenvalue weighted by atomic mass is 10.3. The second-order valence-corrected chi connectivity index (χ2v) is 3.96. The van der Waals surface area contributed by atoms with Gasteiger partial charge < -0.3 is 4.52 Å². The van der Waals surface area contributed by atoms with Gasteiger partial charge in [-0.05, 0) is 18.2 Å². The number of hydrogen-bond acceptors (Lipinski definition) is 4. The van der Waals surface area contributed by atoms with Gasteiger partial charge in [0.1, 0.15) is 12.1 Å². The topological polar surface area (TPSA) is 92.5 Å². The van der Waals surface area contributed by atoms with E-state index >= 15 is 0 Å². The van der Waals surface area contributed by atoms with E-state index in [-0.39, 0.29) is 5.75 Å². The Morgan fingerprint density at radius 1 is 1.00 bits per heavy atom. The van der Waals surface area contributed by atoms with Crippen LogP contribution in [0.15, 0.2) is 55.1 Å². The van der Waals surface area contributed by atoms with Crippen LogP contribution in [-0.4, -0.2) is 19.8 Å². The molecule has 6 nitrogen and oxygen atoms in total. The molecule has 1 aromatic carbocycles. The van der Waals surface area contributed by atoms with Gasteiger partial charge in [0.05, 0.1) is 0 Å². The number of phosphoric ester groups is 1. The SMILES string of the molecule is O=P(O)(O)Oc1ccccc1.c1cncnc1. The Morgan fingerprint density at radius 3 is 1.94 bits per heavy atom. The highest BCUT2D eigenvalue weighted by Crippen LogP contribution is 2.36. The predicted octanol–water partition coefficient (Wildman–Crippen LogP) is 1.63. The number of hydrogen-bond donors (Lipinski definition) is 2. The maximum Gasteiger partial charge on any atom is 0.524 e. The molecular weight excluding hydrogens is 243 g/mol. The fraction of sp³-hybridized carbons (Fsp3) is 0. The van der Waals surface area contributed by atoms with Crippen LogP contribution in [0.3, 0.4) is 0 Å². The van der Waals surface area contributed by atoms with Crippen molar-refractivity contribution in [2.24, 2.45) is 0 Å². The summed E-state index contributed by atoms with van der Waals surface area (Å²) in [6, 6.07) is 9.71. The van der Waals surface area contributed by atoms with Crippen LogP contribution in [0.5, 0.6) is 5.75 Å². The maximum absolute atomic E-state index is 10.3. The first-order chi connectivity index (χ1) is 8.08. The van der Waals surface area contributed by atoms with Crippen LogP contribution >= 0.6 is 7.82 Å². The lowest BCUT2D eigenvalue weighted by Gasteiger charge is -2.04. The molecule has 1 heterocycles. The molecule has 0 aliphatic heterocycles. The van der Waals surface area contributed by atoms with Gasteiger partial charge in [-0.3, -0.25) is 9.79 Å². The van der Waals surface area contributed by atoms with Crippen LogP contribution in [0.25, 0.3) is 0 Å².